The fourth-order valence-electron chi connectivity index (χ4n) is 2.36. The maximum atomic E-state index is 12.0. The molecule has 1 aromatic carbocycles. The van der Waals surface area contributed by atoms with Gasteiger partial charge in [0.25, 0.3) is 5.56 Å². The van der Waals surface area contributed by atoms with Gasteiger partial charge in [-0.15, -0.1) is 0 Å². The van der Waals surface area contributed by atoms with Crippen LogP contribution < -0.4 is 11.3 Å². The van der Waals surface area contributed by atoms with Gasteiger partial charge in [0.1, 0.15) is 11.0 Å². The molecule has 0 spiro atoms. The molecule has 2 aromatic heterocycles. The Labute approximate surface area is 143 Å². The number of pyridine rings is 1. The number of nitrogens with zero attached hydrogens (tertiary/aromatic N) is 4. The average Bonchev–Trinajstić information content (AvgIpc) is 2.82. The number of nitrogens with two attached hydrogens (primary N) is 1. The molecule has 0 saturated carbocycles. The minimum absolute atomic E-state index is 0.264. The van der Waals surface area contributed by atoms with Crippen molar-refractivity contribution < 1.29 is 0 Å². The van der Waals surface area contributed by atoms with Crippen molar-refractivity contribution in [2.24, 2.45) is 5.10 Å². The average molecular weight is 342 g/mol. The molecule has 2 heterocycles. The number of nitrogen functional groups attached to an aromatic ring is 1. The van der Waals surface area contributed by atoms with Gasteiger partial charge in [-0.3, -0.25) is 4.79 Å². The summed E-state index contributed by atoms with van der Waals surface area (Å²) in [6, 6.07) is 12.7. The van der Waals surface area contributed by atoms with Crippen LogP contribution in [0.15, 0.2) is 52.4 Å². The number of hydrogen-bond donors (Lipinski definition) is 1. The zero-order chi connectivity index (χ0) is 17.3. The van der Waals surface area contributed by atoms with Gasteiger partial charge >= 0.3 is 0 Å². The molecule has 122 valence electrons. The second-order valence-electron chi connectivity index (χ2n) is 5.39. The molecule has 24 heavy (non-hydrogen) atoms. The fraction of sp³-hybridized carbons (Fsp3) is 0.118. The molecule has 6 nitrogen and oxygen atoms in total. The lowest BCUT2D eigenvalue weighted by Crippen LogP contribution is -2.19. The van der Waals surface area contributed by atoms with Crippen LogP contribution in [0.1, 0.15) is 16.8 Å². The minimum atomic E-state index is -0.298. The molecule has 0 unspecified atom stereocenters. The Morgan fingerprint density at radius 3 is 2.58 bits per heavy atom. The van der Waals surface area contributed by atoms with Crippen LogP contribution >= 0.6 is 11.6 Å². The quantitative estimate of drug-likeness (QED) is 0.744. The van der Waals surface area contributed by atoms with Gasteiger partial charge in [-0.25, -0.2) is 4.68 Å². The van der Waals surface area contributed by atoms with E-state index in [1.165, 1.54) is 12.3 Å². The Morgan fingerprint density at radius 1 is 1.21 bits per heavy atom. The zero-order valence-corrected chi connectivity index (χ0v) is 14.0. The van der Waals surface area contributed by atoms with Crippen molar-refractivity contribution in [3.05, 3.63) is 74.8 Å². The molecule has 0 aliphatic rings. The van der Waals surface area contributed by atoms with E-state index in [9.17, 15) is 4.79 Å². The highest BCUT2D eigenvalue weighted by atomic mass is 35.5. The summed E-state index contributed by atoms with van der Waals surface area (Å²) in [5.41, 5.74) is 8.52. The van der Waals surface area contributed by atoms with E-state index in [0.717, 1.165) is 15.9 Å². The van der Waals surface area contributed by atoms with Crippen molar-refractivity contribution in [3.63, 3.8) is 0 Å². The van der Waals surface area contributed by atoms with Crippen molar-refractivity contribution in [2.45, 2.75) is 13.8 Å². The third-order valence-corrected chi connectivity index (χ3v) is 3.89. The van der Waals surface area contributed by atoms with Gasteiger partial charge in [0.05, 0.1) is 23.2 Å². The van der Waals surface area contributed by atoms with E-state index < -0.39 is 0 Å². The fourth-order valence-corrected chi connectivity index (χ4v) is 2.68. The summed E-state index contributed by atoms with van der Waals surface area (Å²) in [6.45, 7) is 3.63. The summed E-state index contributed by atoms with van der Waals surface area (Å²) in [4.78, 5) is 12.0. The topological polar surface area (TPSA) is 78.2 Å². The van der Waals surface area contributed by atoms with Crippen molar-refractivity contribution in [3.8, 4) is 5.69 Å². The molecule has 0 saturated heterocycles. The van der Waals surface area contributed by atoms with E-state index in [2.05, 4.69) is 10.2 Å². The Kier molecular flexibility index (Phi) is 4.22. The Morgan fingerprint density at radius 2 is 1.92 bits per heavy atom. The first kappa shape index (κ1) is 16.0. The van der Waals surface area contributed by atoms with E-state index in [4.69, 9.17) is 17.3 Å². The lowest BCUT2D eigenvalue weighted by atomic mass is 10.3. The highest BCUT2D eigenvalue weighted by Gasteiger charge is 2.13. The largest absolute Gasteiger partial charge is 0.384 e. The van der Waals surface area contributed by atoms with E-state index in [-0.39, 0.29) is 11.4 Å². The number of hydrogen-bond acceptors (Lipinski definition) is 4. The predicted molar refractivity (Wildman–Crippen MR) is 96.2 cm³/mol. The van der Waals surface area contributed by atoms with Gasteiger partial charge in [0.2, 0.25) is 0 Å². The molecule has 0 radical (unpaired) electrons. The molecule has 0 atom stereocenters. The van der Waals surface area contributed by atoms with Crippen LogP contribution in [-0.2, 0) is 0 Å². The summed E-state index contributed by atoms with van der Waals surface area (Å²) in [6.07, 6.45) is 1.50. The first-order chi connectivity index (χ1) is 11.5. The molecule has 0 bridgehead atoms. The van der Waals surface area contributed by atoms with Crippen LogP contribution in [0.4, 0.5) is 5.82 Å². The maximum absolute atomic E-state index is 12.0. The summed E-state index contributed by atoms with van der Waals surface area (Å²) in [5.74, 6) is 0.264. The van der Waals surface area contributed by atoms with Gasteiger partial charge in [-0.1, -0.05) is 29.8 Å². The monoisotopic (exact) mass is 341 g/mol. The van der Waals surface area contributed by atoms with Crippen LogP contribution in [0.5, 0.6) is 0 Å². The molecular weight excluding hydrogens is 326 g/mol. The molecule has 0 amide bonds. The molecule has 3 rings (SSSR count). The third-order valence-electron chi connectivity index (χ3n) is 3.53. The van der Waals surface area contributed by atoms with Crippen molar-refractivity contribution >= 4 is 23.6 Å². The molecule has 0 aliphatic heterocycles. The molecule has 0 fully saturated rings. The lowest BCUT2D eigenvalue weighted by Gasteiger charge is -2.04. The second kappa shape index (κ2) is 6.33. The standard InChI is InChI=1S/C17H16ClN5O/c1-11-8-15(19)23(16(24)9-11)20-10-14-12(2)21-22(17(14)18)13-6-4-3-5-7-13/h3-10H,19H2,1-2H3/b20-10-. The van der Waals surface area contributed by atoms with Gasteiger partial charge in [-0.2, -0.15) is 14.9 Å². The van der Waals surface area contributed by atoms with Gasteiger partial charge in [0.15, 0.2) is 0 Å². The third kappa shape index (κ3) is 2.96. The normalized spacial score (nSPS) is 11.3. The number of benzene rings is 1. The number of aromatic nitrogens is 3. The predicted octanol–water partition coefficient (Wildman–Crippen LogP) is 2.77. The number of para-hydroxylation sites is 1. The second-order valence-corrected chi connectivity index (χ2v) is 5.75. The van der Waals surface area contributed by atoms with E-state index in [1.54, 1.807) is 17.7 Å². The highest BCUT2D eigenvalue weighted by molar-refractivity contribution is 6.32. The van der Waals surface area contributed by atoms with Crippen LogP contribution in [0.2, 0.25) is 5.15 Å². The molecule has 3 aromatic rings. The van der Waals surface area contributed by atoms with E-state index in [0.29, 0.717) is 16.4 Å². The Balaban J connectivity index is 2.03. The van der Waals surface area contributed by atoms with Crippen molar-refractivity contribution in [1.29, 1.82) is 0 Å². The molecular formula is C17H16ClN5O. The maximum Gasteiger partial charge on any atom is 0.273 e. The van der Waals surface area contributed by atoms with Crippen molar-refractivity contribution in [1.82, 2.24) is 14.5 Å². The first-order valence-electron chi connectivity index (χ1n) is 7.31. The van der Waals surface area contributed by atoms with E-state index in [1.807, 2.05) is 37.3 Å². The molecule has 7 heteroatoms. The smallest absolute Gasteiger partial charge is 0.273 e. The van der Waals surface area contributed by atoms with Crippen LogP contribution in [0, 0.1) is 13.8 Å². The Bertz CT molecular complexity index is 973. The summed E-state index contributed by atoms with van der Waals surface area (Å²) in [5, 5.41) is 9.01. The zero-order valence-electron chi connectivity index (χ0n) is 13.3. The van der Waals surface area contributed by atoms with Crippen molar-refractivity contribution in [2.75, 3.05) is 5.73 Å². The summed E-state index contributed by atoms with van der Waals surface area (Å²) < 4.78 is 2.75. The Hall–Kier alpha value is -2.86. The minimum Gasteiger partial charge on any atom is -0.384 e. The SMILES string of the molecule is Cc1cc(N)n(/N=C\c2c(C)nn(-c3ccccc3)c2Cl)c(=O)c1. The van der Waals surface area contributed by atoms with Crippen LogP contribution in [0.3, 0.4) is 0 Å². The number of rotatable bonds is 3. The van der Waals surface area contributed by atoms with Gasteiger partial charge in [0, 0.05) is 6.07 Å². The van der Waals surface area contributed by atoms with Crippen LogP contribution in [-0.4, -0.2) is 20.7 Å². The first-order valence-corrected chi connectivity index (χ1v) is 7.69. The lowest BCUT2D eigenvalue weighted by molar-refractivity contribution is 0.843. The number of anilines is 1. The van der Waals surface area contributed by atoms with Gasteiger partial charge < -0.3 is 5.73 Å². The molecule has 2 N–H and O–H groups in total. The number of halogens is 1. The highest BCUT2D eigenvalue weighted by Crippen LogP contribution is 2.22. The van der Waals surface area contributed by atoms with Gasteiger partial charge in [-0.05, 0) is 37.6 Å². The summed E-state index contributed by atoms with van der Waals surface area (Å²) in [7, 11) is 0. The van der Waals surface area contributed by atoms with Crippen LogP contribution in [0.25, 0.3) is 5.69 Å². The van der Waals surface area contributed by atoms with E-state index >= 15 is 0 Å². The molecule has 0 aliphatic carbocycles. The summed E-state index contributed by atoms with van der Waals surface area (Å²) >= 11 is 6.43. The number of aryl methyl sites for hydroxylation is 2.